The Bertz CT molecular complexity index is 1680. The van der Waals surface area contributed by atoms with Gasteiger partial charge in [0.2, 0.25) is 16.9 Å². The molecule has 0 saturated heterocycles. The number of nitrogens with zero attached hydrogens (tertiary/aromatic N) is 2. The first-order valence-electron chi connectivity index (χ1n) is 13.2. The molecule has 0 radical (unpaired) electrons. The number of amides is 1. The molecule has 1 amide bonds. The van der Waals surface area contributed by atoms with Crippen LogP contribution in [0.25, 0.3) is 11.6 Å². The fourth-order valence-corrected chi connectivity index (χ4v) is 4.88. The molecule has 8 nitrogen and oxygen atoms in total. The van der Waals surface area contributed by atoms with Gasteiger partial charge in [0.05, 0.1) is 19.0 Å². The molecule has 0 bridgehead atoms. The van der Waals surface area contributed by atoms with Gasteiger partial charge in [0.25, 0.3) is 0 Å². The van der Waals surface area contributed by atoms with Crippen molar-refractivity contribution < 1.29 is 31.9 Å². The third-order valence-electron chi connectivity index (χ3n) is 6.73. The number of carbonyl (C=O) groups excluding carboxylic acids is 1. The van der Waals surface area contributed by atoms with Crippen LogP contribution in [-0.4, -0.2) is 21.7 Å². The smallest absolute Gasteiger partial charge is 0.433 e. The third kappa shape index (κ3) is 6.78. The SMILES string of the molecule is NC(=O)O[C@H](Cn1c(C(F)(F)F)cnc1-c1occc(=O)c1OCc1ccccc1)C(c1ccccc1)c1ccccc1. The number of rotatable bonds is 10. The maximum atomic E-state index is 14.4. The van der Waals surface area contributed by atoms with E-state index in [1.807, 2.05) is 6.07 Å². The summed E-state index contributed by atoms with van der Waals surface area (Å²) in [5.74, 6) is -1.69. The van der Waals surface area contributed by atoms with Crippen molar-refractivity contribution in [1.82, 2.24) is 9.55 Å². The van der Waals surface area contributed by atoms with Crippen LogP contribution in [0.3, 0.4) is 0 Å². The minimum Gasteiger partial charge on any atom is -0.481 e. The van der Waals surface area contributed by atoms with Crippen LogP contribution < -0.4 is 15.9 Å². The van der Waals surface area contributed by atoms with E-state index in [1.165, 1.54) is 0 Å². The monoisotopic (exact) mass is 589 g/mol. The number of carbonyl (C=O) groups is 1. The Hall–Kier alpha value is -5.32. The van der Waals surface area contributed by atoms with Crippen LogP contribution in [0.1, 0.15) is 28.3 Å². The molecule has 0 spiro atoms. The predicted octanol–water partition coefficient (Wildman–Crippen LogP) is 6.40. The maximum Gasteiger partial charge on any atom is 0.433 e. The average molecular weight is 590 g/mol. The van der Waals surface area contributed by atoms with Gasteiger partial charge in [-0.3, -0.25) is 4.79 Å². The zero-order valence-corrected chi connectivity index (χ0v) is 22.6. The third-order valence-corrected chi connectivity index (χ3v) is 6.73. The van der Waals surface area contributed by atoms with E-state index in [4.69, 9.17) is 19.6 Å². The molecule has 3 aromatic carbocycles. The Kier molecular flexibility index (Phi) is 8.61. The van der Waals surface area contributed by atoms with Gasteiger partial charge in [-0.2, -0.15) is 13.2 Å². The summed E-state index contributed by atoms with van der Waals surface area (Å²) in [6.07, 6.45) is -5.59. The number of primary amides is 1. The van der Waals surface area contributed by atoms with Crippen molar-refractivity contribution in [2.45, 2.75) is 31.3 Å². The molecule has 0 aliphatic carbocycles. The van der Waals surface area contributed by atoms with Crippen LogP contribution in [0.4, 0.5) is 18.0 Å². The first-order valence-corrected chi connectivity index (χ1v) is 13.2. The van der Waals surface area contributed by atoms with Gasteiger partial charge in [0.15, 0.2) is 5.82 Å². The average Bonchev–Trinajstić information content (AvgIpc) is 3.42. The van der Waals surface area contributed by atoms with Crippen LogP contribution in [0, 0.1) is 0 Å². The van der Waals surface area contributed by atoms with Gasteiger partial charge in [-0.1, -0.05) is 91.0 Å². The van der Waals surface area contributed by atoms with Crippen LogP contribution in [0.5, 0.6) is 5.75 Å². The summed E-state index contributed by atoms with van der Waals surface area (Å²) in [6.45, 7) is -0.592. The molecule has 2 N–H and O–H groups in total. The standard InChI is InChI=1S/C32H26F3N3O5/c33-32(34,35)26-18-37-30(29-28(24(39)16-17-41-29)42-20-21-10-4-1-5-11-21)38(26)19-25(43-31(36)40)27(22-12-6-2-7-13-22)23-14-8-3-9-15-23/h1-18,25,27H,19-20H2,(H2,36,40)/t25-/m1/s1. The van der Waals surface area contributed by atoms with Crippen LogP contribution in [0.15, 0.2) is 119 Å². The molecule has 5 rings (SSSR count). The molecule has 11 heteroatoms. The largest absolute Gasteiger partial charge is 0.481 e. The van der Waals surface area contributed by atoms with E-state index in [2.05, 4.69) is 4.98 Å². The van der Waals surface area contributed by atoms with Gasteiger partial charge < -0.3 is 24.2 Å². The van der Waals surface area contributed by atoms with Gasteiger partial charge in [-0.15, -0.1) is 0 Å². The highest BCUT2D eigenvalue weighted by Crippen LogP contribution is 2.37. The van der Waals surface area contributed by atoms with Gasteiger partial charge in [0.1, 0.15) is 18.4 Å². The Balaban J connectivity index is 1.63. The van der Waals surface area contributed by atoms with Crippen molar-refractivity contribution in [2.75, 3.05) is 0 Å². The lowest BCUT2D eigenvalue weighted by Crippen LogP contribution is -2.34. The van der Waals surface area contributed by atoms with E-state index in [-0.39, 0.29) is 23.9 Å². The number of imidazole rings is 1. The fourth-order valence-electron chi connectivity index (χ4n) is 4.88. The summed E-state index contributed by atoms with van der Waals surface area (Å²) < 4.78 is 60.8. The van der Waals surface area contributed by atoms with Crippen LogP contribution in [0.2, 0.25) is 0 Å². The number of hydrogen-bond donors (Lipinski definition) is 1. The van der Waals surface area contributed by atoms with Crippen molar-refractivity contribution in [2.24, 2.45) is 5.73 Å². The minimum atomic E-state index is -4.86. The van der Waals surface area contributed by atoms with E-state index in [9.17, 15) is 22.8 Å². The fraction of sp³-hybridized carbons (Fsp3) is 0.156. The number of aromatic nitrogens is 2. The predicted molar refractivity (Wildman–Crippen MR) is 151 cm³/mol. The van der Waals surface area contributed by atoms with E-state index < -0.39 is 42.0 Å². The number of nitrogens with two attached hydrogens (primary N) is 1. The Labute approximate surface area is 244 Å². The van der Waals surface area contributed by atoms with Crippen molar-refractivity contribution in [3.63, 3.8) is 0 Å². The van der Waals surface area contributed by atoms with E-state index >= 15 is 0 Å². The van der Waals surface area contributed by atoms with Gasteiger partial charge in [0, 0.05) is 12.0 Å². The lowest BCUT2D eigenvalue weighted by atomic mass is 9.86. The molecular formula is C32H26F3N3O5. The highest BCUT2D eigenvalue weighted by Gasteiger charge is 2.39. The number of alkyl halides is 3. The summed E-state index contributed by atoms with van der Waals surface area (Å²) in [7, 11) is 0. The van der Waals surface area contributed by atoms with Crippen molar-refractivity contribution in [1.29, 1.82) is 0 Å². The summed E-state index contributed by atoms with van der Waals surface area (Å²) in [5, 5.41) is 0. The highest BCUT2D eigenvalue weighted by molar-refractivity contribution is 5.65. The molecule has 220 valence electrons. The highest BCUT2D eigenvalue weighted by atomic mass is 19.4. The summed E-state index contributed by atoms with van der Waals surface area (Å²) >= 11 is 0. The summed E-state index contributed by atoms with van der Waals surface area (Å²) in [6, 6.07) is 27.8. The van der Waals surface area contributed by atoms with E-state index in [0.29, 0.717) is 17.3 Å². The number of ether oxygens (including phenoxy) is 2. The van der Waals surface area contributed by atoms with E-state index in [1.54, 1.807) is 84.9 Å². The van der Waals surface area contributed by atoms with Gasteiger partial charge in [-0.25, -0.2) is 9.78 Å². The molecular weight excluding hydrogens is 563 g/mol. The number of hydrogen-bond acceptors (Lipinski definition) is 6. The van der Waals surface area contributed by atoms with E-state index in [0.717, 1.165) is 22.5 Å². The first kappa shape index (κ1) is 29.2. The molecule has 0 fully saturated rings. The van der Waals surface area contributed by atoms with Crippen LogP contribution >= 0.6 is 0 Å². The molecule has 5 aromatic rings. The van der Waals surface area contributed by atoms with Crippen LogP contribution in [-0.2, 0) is 24.1 Å². The normalized spacial score (nSPS) is 12.2. The molecule has 0 aliphatic rings. The minimum absolute atomic E-state index is 0.0487. The Morgan fingerprint density at radius 2 is 1.49 bits per heavy atom. The molecule has 0 saturated carbocycles. The molecule has 43 heavy (non-hydrogen) atoms. The molecule has 1 atom stereocenters. The summed E-state index contributed by atoms with van der Waals surface area (Å²) in [5.41, 5.74) is 5.74. The summed E-state index contributed by atoms with van der Waals surface area (Å²) in [4.78, 5) is 29.0. The lowest BCUT2D eigenvalue weighted by Gasteiger charge is -2.29. The van der Waals surface area contributed by atoms with Gasteiger partial charge in [-0.05, 0) is 16.7 Å². The first-order chi connectivity index (χ1) is 20.7. The topological polar surface area (TPSA) is 110 Å². The Morgan fingerprint density at radius 3 is 2.05 bits per heavy atom. The maximum absolute atomic E-state index is 14.4. The quantitative estimate of drug-likeness (QED) is 0.202. The molecule has 0 unspecified atom stereocenters. The Morgan fingerprint density at radius 1 is 0.907 bits per heavy atom. The van der Waals surface area contributed by atoms with Crippen molar-refractivity contribution >= 4 is 6.09 Å². The van der Waals surface area contributed by atoms with Crippen molar-refractivity contribution in [3.05, 3.63) is 142 Å². The zero-order valence-electron chi connectivity index (χ0n) is 22.6. The van der Waals surface area contributed by atoms with Gasteiger partial charge >= 0.3 is 12.3 Å². The zero-order chi connectivity index (χ0) is 30.4. The number of halogens is 3. The van der Waals surface area contributed by atoms with Crippen molar-refractivity contribution in [3.8, 4) is 17.3 Å². The lowest BCUT2D eigenvalue weighted by molar-refractivity contribution is -0.144. The second kappa shape index (κ2) is 12.7. The number of benzene rings is 3. The second-order valence-corrected chi connectivity index (χ2v) is 9.57. The molecule has 2 heterocycles. The second-order valence-electron chi connectivity index (χ2n) is 9.57. The molecule has 2 aromatic heterocycles. The molecule has 0 aliphatic heterocycles.